The first-order valence-electron chi connectivity index (χ1n) is 5.45. The van der Waals surface area contributed by atoms with Gasteiger partial charge in [-0.1, -0.05) is 0 Å². The van der Waals surface area contributed by atoms with Crippen molar-refractivity contribution in [1.82, 2.24) is 4.98 Å². The fraction of sp³-hybridized carbons (Fsp3) is 0.545. The predicted octanol–water partition coefficient (Wildman–Crippen LogP) is 0.336. The van der Waals surface area contributed by atoms with E-state index in [1.54, 1.807) is 0 Å². The van der Waals surface area contributed by atoms with Gasteiger partial charge in [0, 0.05) is 6.20 Å². The Kier molecular flexibility index (Phi) is 3.19. The number of rotatable bonds is 4. The van der Waals surface area contributed by atoms with Gasteiger partial charge in [-0.25, -0.2) is 4.98 Å². The van der Waals surface area contributed by atoms with E-state index in [0.717, 1.165) is 19.3 Å². The fourth-order valence-corrected chi connectivity index (χ4v) is 1.61. The van der Waals surface area contributed by atoms with Crippen molar-refractivity contribution in [2.75, 3.05) is 12.8 Å². The molecule has 17 heavy (non-hydrogen) atoms. The molecule has 1 aliphatic carbocycles. The molecule has 1 saturated carbocycles. The highest BCUT2D eigenvalue weighted by atomic mass is 16.8. The van der Waals surface area contributed by atoms with Gasteiger partial charge in [0.05, 0.1) is 24.5 Å². The van der Waals surface area contributed by atoms with Crippen molar-refractivity contribution in [2.45, 2.75) is 31.3 Å². The Morgan fingerprint density at radius 3 is 2.65 bits per heavy atom. The molecule has 1 aromatic heterocycles. The van der Waals surface area contributed by atoms with Crippen LogP contribution < -0.4 is 10.5 Å². The number of nitrogens with zero attached hydrogens (tertiary/aromatic N) is 1. The number of aromatic nitrogens is 1. The van der Waals surface area contributed by atoms with Crippen LogP contribution in [0.5, 0.6) is 5.88 Å². The number of aliphatic hydroxyl groups is 2. The number of nitrogens with two attached hydrogens (primary N) is 1. The van der Waals surface area contributed by atoms with Gasteiger partial charge < -0.3 is 25.4 Å². The van der Waals surface area contributed by atoms with Crippen LogP contribution in [0.1, 0.15) is 24.8 Å². The van der Waals surface area contributed by atoms with Crippen LogP contribution in [0.3, 0.4) is 0 Å². The molecule has 0 aromatic carbocycles. The summed E-state index contributed by atoms with van der Waals surface area (Å²) in [5.41, 5.74) is 5.97. The maximum Gasteiger partial charge on any atom is 0.308 e. The number of ether oxygens (including phenoxy) is 2. The Balaban J connectivity index is 2.16. The third kappa shape index (κ3) is 2.49. The second-order valence-corrected chi connectivity index (χ2v) is 4.10. The molecule has 6 heteroatoms. The smallest absolute Gasteiger partial charge is 0.308 e. The zero-order chi connectivity index (χ0) is 12.5. The molecule has 0 saturated heterocycles. The molecule has 0 spiro atoms. The Hall–Kier alpha value is -1.37. The third-order valence-electron chi connectivity index (χ3n) is 2.83. The van der Waals surface area contributed by atoms with Gasteiger partial charge in [-0.2, -0.15) is 0 Å². The minimum absolute atomic E-state index is 0.0997. The molecule has 94 valence electrons. The molecule has 0 aliphatic heterocycles. The normalized spacial score (nSPS) is 16.6. The second kappa shape index (κ2) is 4.48. The fourth-order valence-electron chi connectivity index (χ4n) is 1.61. The Morgan fingerprint density at radius 2 is 2.18 bits per heavy atom. The maximum absolute atomic E-state index is 9.81. The molecule has 0 amide bonds. The second-order valence-electron chi connectivity index (χ2n) is 4.10. The van der Waals surface area contributed by atoms with E-state index in [0.29, 0.717) is 0 Å². The summed E-state index contributed by atoms with van der Waals surface area (Å²) in [5.74, 6) is -2.11. The van der Waals surface area contributed by atoms with E-state index in [2.05, 4.69) is 4.98 Å². The van der Waals surface area contributed by atoms with E-state index in [4.69, 9.17) is 15.2 Å². The molecular weight excluding hydrogens is 224 g/mol. The number of methoxy groups -OCH3 is 1. The van der Waals surface area contributed by atoms with Crippen LogP contribution in [0.25, 0.3) is 0 Å². The van der Waals surface area contributed by atoms with Gasteiger partial charge in [0.15, 0.2) is 0 Å². The number of anilines is 1. The van der Waals surface area contributed by atoms with Crippen molar-refractivity contribution in [3.63, 3.8) is 0 Å². The largest absolute Gasteiger partial charge is 0.480 e. The summed E-state index contributed by atoms with van der Waals surface area (Å²) in [6, 6.07) is 1.38. The average Bonchev–Trinajstić information content (AvgIpc) is 2.23. The van der Waals surface area contributed by atoms with Crippen molar-refractivity contribution in [3.05, 3.63) is 17.8 Å². The lowest BCUT2D eigenvalue weighted by Crippen LogP contribution is -2.37. The monoisotopic (exact) mass is 240 g/mol. The minimum atomic E-state index is -2.35. The van der Waals surface area contributed by atoms with Crippen LogP contribution in [-0.2, 0) is 10.7 Å². The summed E-state index contributed by atoms with van der Waals surface area (Å²) in [7, 11) is 1.44. The first-order valence-corrected chi connectivity index (χ1v) is 5.45. The molecule has 1 aliphatic rings. The Bertz CT molecular complexity index is 404. The van der Waals surface area contributed by atoms with Gasteiger partial charge in [0.25, 0.3) is 0 Å². The van der Waals surface area contributed by atoms with Gasteiger partial charge in [-0.3, -0.25) is 0 Å². The van der Waals surface area contributed by atoms with Crippen molar-refractivity contribution in [2.24, 2.45) is 0 Å². The lowest BCUT2D eigenvalue weighted by molar-refractivity contribution is -0.373. The Morgan fingerprint density at radius 1 is 1.47 bits per heavy atom. The minimum Gasteiger partial charge on any atom is -0.480 e. The van der Waals surface area contributed by atoms with E-state index < -0.39 is 5.97 Å². The quantitative estimate of drug-likeness (QED) is 0.656. The molecule has 0 bridgehead atoms. The summed E-state index contributed by atoms with van der Waals surface area (Å²) >= 11 is 0. The van der Waals surface area contributed by atoms with Gasteiger partial charge in [0.1, 0.15) is 0 Å². The lowest BCUT2D eigenvalue weighted by atomic mass is 9.96. The summed E-state index contributed by atoms with van der Waals surface area (Å²) in [5, 5.41) is 19.6. The summed E-state index contributed by atoms with van der Waals surface area (Å²) in [6.45, 7) is 0. The molecule has 4 N–H and O–H groups in total. The van der Waals surface area contributed by atoms with Crippen molar-refractivity contribution >= 4 is 5.69 Å². The zero-order valence-electron chi connectivity index (χ0n) is 9.59. The molecule has 1 aromatic rings. The van der Waals surface area contributed by atoms with E-state index in [-0.39, 0.29) is 23.2 Å². The van der Waals surface area contributed by atoms with Gasteiger partial charge >= 0.3 is 5.97 Å². The Labute approximate surface area is 99.0 Å². The van der Waals surface area contributed by atoms with Crippen molar-refractivity contribution in [1.29, 1.82) is 0 Å². The number of hydrogen-bond acceptors (Lipinski definition) is 6. The molecule has 2 rings (SSSR count). The third-order valence-corrected chi connectivity index (χ3v) is 2.83. The molecule has 0 unspecified atom stereocenters. The number of hydrogen-bond donors (Lipinski definition) is 3. The van der Waals surface area contributed by atoms with Gasteiger partial charge in [0.2, 0.25) is 5.88 Å². The number of pyridine rings is 1. The van der Waals surface area contributed by atoms with Crippen LogP contribution in [-0.4, -0.2) is 28.4 Å². The highest BCUT2D eigenvalue weighted by Gasteiger charge is 2.34. The van der Waals surface area contributed by atoms with E-state index in [1.165, 1.54) is 19.4 Å². The van der Waals surface area contributed by atoms with E-state index in [9.17, 15) is 10.2 Å². The lowest BCUT2D eigenvalue weighted by Gasteiger charge is -2.32. The topological polar surface area (TPSA) is 97.8 Å². The maximum atomic E-state index is 9.81. The van der Waals surface area contributed by atoms with Crippen LogP contribution >= 0.6 is 0 Å². The average molecular weight is 240 g/mol. The first kappa shape index (κ1) is 12.1. The van der Waals surface area contributed by atoms with E-state index >= 15 is 0 Å². The van der Waals surface area contributed by atoms with Gasteiger partial charge in [-0.05, 0) is 25.3 Å². The molecule has 1 heterocycles. The molecular formula is C11H16N2O4. The van der Waals surface area contributed by atoms with E-state index in [1.807, 2.05) is 0 Å². The molecule has 1 fully saturated rings. The first-order chi connectivity index (χ1) is 8.03. The zero-order valence-corrected chi connectivity index (χ0v) is 9.59. The standard InChI is InChI=1S/C11H16N2O4/c1-16-10-9(12)5-7(6-13-10)11(14,15)17-8-3-2-4-8/h5-6,8,14-15H,2-4,12H2,1H3. The van der Waals surface area contributed by atoms with Crippen molar-refractivity contribution in [3.8, 4) is 5.88 Å². The van der Waals surface area contributed by atoms with Crippen LogP contribution in [0.2, 0.25) is 0 Å². The SMILES string of the molecule is COc1ncc(C(O)(O)OC2CCC2)cc1N. The van der Waals surface area contributed by atoms with Crippen LogP contribution in [0, 0.1) is 0 Å². The van der Waals surface area contributed by atoms with Crippen LogP contribution in [0.4, 0.5) is 5.69 Å². The molecule has 0 atom stereocenters. The summed E-state index contributed by atoms with van der Waals surface area (Å²) in [4.78, 5) is 3.87. The predicted molar refractivity (Wildman–Crippen MR) is 60.0 cm³/mol. The van der Waals surface area contributed by atoms with Crippen LogP contribution in [0.15, 0.2) is 12.3 Å². The molecule has 0 radical (unpaired) electrons. The van der Waals surface area contributed by atoms with Crippen molar-refractivity contribution < 1.29 is 19.7 Å². The highest BCUT2D eigenvalue weighted by Crippen LogP contribution is 2.31. The summed E-state index contributed by atoms with van der Waals surface area (Å²) in [6.07, 6.45) is 3.87. The summed E-state index contributed by atoms with van der Waals surface area (Å²) < 4.78 is 10.0. The number of nitrogen functional groups attached to an aromatic ring is 1. The molecule has 6 nitrogen and oxygen atoms in total. The van der Waals surface area contributed by atoms with Gasteiger partial charge in [-0.15, -0.1) is 0 Å². The highest BCUT2D eigenvalue weighted by molar-refractivity contribution is 5.49.